The topological polar surface area (TPSA) is 89.5 Å². The molecule has 1 aliphatic heterocycles. The molecule has 1 fully saturated rings. The first-order chi connectivity index (χ1) is 16.5. The van der Waals surface area contributed by atoms with Gasteiger partial charge in [-0.2, -0.15) is 10.4 Å². The molecule has 1 atom stereocenters. The molecule has 2 heterocycles. The van der Waals surface area contributed by atoms with Crippen molar-refractivity contribution < 1.29 is 4.79 Å². The summed E-state index contributed by atoms with van der Waals surface area (Å²) in [5, 5.41) is 17.1. The molecule has 34 heavy (non-hydrogen) atoms. The fourth-order valence-electron chi connectivity index (χ4n) is 4.23. The molecule has 1 amide bonds. The zero-order valence-electron chi connectivity index (χ0n) is 19.6. The lowest BCUT2D eigenvalue weighted by atomic mass is 10.0. The Morgan fingerprint density at radius 1 is 1.12 bits per heavy atom. The zero-order valence-corrected chi connectivity index (χ0v) is 19.6. The Kier molecular flexibility index (Phi) is 7.23. The van der Waals surface area contributed by atoms with Gasteiger partial charge < -0.3 is 15.1 Å². The van der Waals surface area contributed by atoms with E-state index in [1.54, 1.807) is 0 Å². The van der Waals surface area contributed by atoms with Crippen LogP contribution in [0.25, 0.3) is 0 Å². The molecule has 2 aromatic carbocycles. The Hall–Kier alpha value is -4.12. The largest absolute Gasteiger partial charge is 0.338 e. The minimum absolute atomic E-state index is 0.0901. The van der Waals surface area contributed by atoms with Crippen molar-refractivity contribution >= 4 is 17.6 Å². The van der Waals surface area contributed by atoms with Gasteiger partial charge in [-0.05, 0) is 37.1 Å². The van der Waals surface area contributed by atoms with Crippen LogP contribution < -0.4 is 5.32 Å². The monoisotopic (exact) mass is 455 g/mol. The van der Waals surface area contributed by atoms with Gasteiger partial charge in [0, 0.05) is 44.5 Å². The molecule has 174 valence electrons. The zero-order chi connectivity index (χ0) is 23.9. The Bertz CT molecular complexity index is 1200. The summed E-state index contributed by atoms with van der Waals surface area (Å²) in [6, 6.07) is 19.7. The van der Waals surface area contributed by atoms with Crippen molar-refractivity contribution in [3.8, 4) is 6.19 Å². The fourth-order valence-corrected chi connectivity index (χ4v) is 4.23. The SMILES string of the molecule is Cc1ccn(CCC(=O)N2CCN(/C(=N\C#N)Nc3ccccc3C)CC2c2ccccc2)n1. The van der Waals surface area contributed by atoms with E-state index in [-0.39, 0.29) is 11.9 Å². The molecular weight excluding hydrogens is 426 g/mol. The first-order valence-corrected chi connectivity index (χ1v) is 11.4. The summed E-state index contributed by atoms with van der Waals surface area (Å²) >= 11 is 0. The predicted molar refractivity (Wildman–Crippen MR) is 132 cm³/mol. The lowest BCUT2D eigenvalue weighted by molar-refractivity contribution is -0.136. The molecule has 1 N–H and O–H groups in total. The van der Waals surface area contributed by atoms with Crippen LogP contribution in [0.15, 0.2) is 71.9 Å². The smallest absolute Gasteiger partial charge is 0.225 e. The van der Waals surface area contributed by atoms with Crippen LogP contribution in [0, 0.1) is 25.3 Å². The maximum atomic E-state index is 13.3. The molecule has 8 nitrogen and oxygen atoms in total. The number of nitriles is 1. The van der Waals surface area contributed by atoms with Gasteiger partial charge in [0.15, 0.2) is 0 Å². The van der Waals surface area contributed by atoms with E-state index in [9.17, 15) is 10.1 Å². The highest BCUT2D eigenvalue weighted by Gasteiger charge is 2.33. The Labute approximate surface area is 200 Å². The molecule has 0 spiro atoms. The van der Waals surface area contributed by atoms with E-state index in [2.05, 4.69) is 15.4 Å². The second-order valence-electron chi connectivity index (χ2n) is 8.41. The molecule has 1 unspecified atom stereocenters. The number of aromatic nitrogens is 2. The Morgan fingerprint density at radius 2 is 1.88 bits per heavy atom. The summed E-state index contributed by atoms with van der Waals surface area (Å²) in [5.41, 5.74) is 3.97. The van der Waals surface area contributed by atoms with Crippen molar-refractivity contribution in [2.45, 2.75) is 32.9 Å². The molecule has 1 aliphatic rings. The van der Waals surface area contributed by atoms with E-state index in [0.29, 0.717) is 38.6 Å². The number of rotatable bonds is 5. The van der Waals surface area contributed by atoms with Crippen LogP contribution in [0.1, 0.15) is 29.3 Å². The van der Waals surface area contributed by atoms with E-state index in [1.807, 2.05) is 101 Å². The number of aliphatic imine (C=N–C) groups is 1. The van der Waals surface area contributed by atoms with Crippen LogP contribution in [0.2, 0.25) is 0 Å². The van der Waals surface area contributed by atoms with Crippen molar-refractivity contribution in [2.75, 3.05) is 25.0 Å². The maximum absolute atomic E-state index is 13.3. The highest BCUT2D eigenvalue weighted by Crippen LogP contribution is 2.27. The molecule has 0 aliphatic carbocycles. The number of guanidine groups is 1. The van der Waals surface area contributed by atoms with Crippen LogP contribution in [0.4, 0.5) is 5.69 Å². The number of hydrogen-bond donors (Lipinski definition) is 1. The van der Waals surface area contributed by atoms with Gasteiger partial charge in [0.25, 0.3) is 0 Å². The number of nitrogens with one attached hydrogen (secondary N) is 1. The number of anilines is 1. The van der Waals surface area contributed by atoms with Crippen molar-refractivity contribution in [3.63, 3.8) is 0 Å². The first kappa shape index (κ1) is 23.1. The van der Waals surface area contributed by atoms with Crippen LogP contribution >= 0.6 is 0 Å². The summed E-state index contributed by atoms with van der Waals surface area (Å²) in [4.78, 5) is 21.3. The van der Waals surface area contributed by atoms with Gasteiger partial charge >= 0.3 is 0 Å². The first-order valence-electron chi connectivity index (χ1n) is 11.4. The molecule has 3 aromatic rings. The summed E-state index contributed by atoms with van der Waals surface area (Å²) in [5.74, 6) is 0.587. The van der Waals surface area contributed by atoms with Gasteiger partial charge in [-0.25, -0.2) is 0 Å². The molecule has 1 saturated heterocycles. The number of carbonyl (C=O) groups excluding carboxylic acids is 1. The number of carbonyl (C=O) groups is 1. The van der Waals surface area contributed by atoms with Gasteiger partial charge in [-0.1, -0.05) is 48.5 Å². The minimum atomic E-state index is -0.149. The van der Waals surface area contributed by atoms with Crippen LogP contribution in [-0.4, -0.2) is 51.1 Å². The van der Waals surface area contributed by atoms with Crippen molar-refractivity contribution in [2.24, 2.45) is 4.99 Å². The number of hydrogen-bond acceptors (Lipinski definition) is 4. The second kappa shape index (κ2) is 10.7. The summed E-state index contributed by atoms with van der Waals surface area (Å²) in [6.45, 7) is 6.15. The summed E-state index contributed by atoms with van der Waals surface area (Å²) in [6.07, 6.45) is 4.21. The average Bonchev–Trinajstić information content (AvgIpc) is 3.28. The van der Waals surface area contributed by atoms with Crippen LogP contribution in [0.5, 0.6) is 0 Å². The maximum Gasteiger partial charge on any atom is 0.225 e. The number of nitrogens with zero attached hydrogens (tertiary/aromatic N) is 6. The van der Waals surface area contributed by atoms with Gasteiger partial charge in [0.1, 0.15) is 0 Å². The van der Waals surface area contributed by atoms with E-state index in [1.165, 1.54) is 0 Å². The van der Waals surface area contributed by atoms with Gasteiger partial charge in [-0.15, -0.1) is 4.99 Å². The Morgan fingerprint density at radius 3 is 2.59 bits per heavy atom. The molecular formula is C26H29N7O. The molecule has 0 radical (unpaired) electrons. The molecule has 1 aromatic heterocycles. The third-order valence-corrected chi connectivity index (χ3v) is 6.06. The normalized spacial score (nSPS) is 16.3. The second-order valence-corrected chi connectivity index (χ2v) is 8.41. The molecule has 0 bridgehead atoms. The molecule has 8 heteroatoms. The van der Waals surface area contributed by atoms with E-state index < -0.39 is 0 Å². The highest BCUT2D eigenvalue weighted by atomic mass is 16.2. The lowest BCUT2D eigenvalue weighted by Crippen LogP contribution is -2.53. The quantitative estimate of drug-likeness (QED) is 0.360. The van der Waals surface area contributed by atoms with Gasteiger partial charge in [0.2, 0.25) is 18.1 Å². The van der Waals surface area contributed by atoms with E-state index in [4.69, 9.17) is 0 Å². The van der Waals surface area contributed by atoms with Crippen molar-refractivity contribution in [1.29, 1.82) is 5.26 Å². The minimum Gasteiger partial charge on any atom is -0.338 e. The number of aryl methyl sites for hydroxylation is 3. The molecule has 0 saturated carbocycles. The average molecular weight is 456 g/mol. The van der Waals surface area contributed by atoms with E-state index >= 15 is 0 Å². The highest BCUT2D eigenvalue weighted by molar-refractivity contribution is 5.95. The Balaban J connectivity index is 1.53. The predicted octanol–water partition coefficient (Wildman–Crippen LogP) is 3.72. The number of amides is 1. The van der Waals surface area contributed by atoms with Crippen LogP contribution in [0.3, 0.4) is 0 Å². The molecule has 4 rings (SSSR count). The third kappa shape index (κ3) is 5.44. The van der Waals surface area contributed by atoms with Gasteiger partial charge in [-0.3, -0.25) is 9.48 Å². The van der Waals surface area contributed by atoms with Crippen molar-refractivity contribution in [1.82, 2.24) is 19.6 Å². The number of para-hydroxylation sites is 1. The lowest BCUT2D eigenvalue weighted by Gasteiger charge is -2.42. The summed E-state index contributed by atoms with van der Waals surface area (Å²) < 4.78 is 1.81. The van der Waals surface area contributed by atoms with Crippen molar-refractivity contribution in [3.05, 3.63) is 83.7 Å². The van der Waals surface area contributed by atoms with E-state index in [0.717, 1.165) is 22.5 Å². The van der Waals surface area contributed by atoms with Crippen LogP contribution in [-0.2, 0) is 11.3 Å². The van der Waals surface area contributed by atoms with Gasteiger partial charge in [0.05, 0.1) is 11.7 Å². The number of benzene rings is 2. The third-order valence-electron chi connectivity index (χ3n) is 6.06. The summed E-state index contributed by atoms with van der Waals surface area (Å²) in [7, 11) is 0. The number of piperazine rings is 1. The standard InChI is InChI=1S/C26H29N7O/c1-20-8-6-7-11-23(20)29-26(28-19-27)31-16-17-33(24(18-31)22-9-4-3-5-10-22)25(34)13-15-32-14-12-21(2)30-32/h3-12,14,24H,13,15-18H2,1-2H3,(H,28,29). The fraction of sp³-hybridized carbons (Fsp3) is 0.308.